The molecule has 0 amide bonds. The van der Waals surface area contributed by atoms with Crippen molar-refractivity contribution in [1.82, 2.24) is 0 Å². The minimum atomic E-state index is -0.472. The predicted molar refractivity (Wildman–Crippen MR) is 71.1 cm³/mol. The highest BCUT2D eigenvalue weighted by molar-refractivity contribution is 5.96. The van der Waals surface area contributed by atoms with Gasteiger partial charge in [0.1, 0.15) is 12.4 Å². The summed E-state index contributed by atoms with van der Waals surface area (Å²) < 4.78 is 17.9. The molecule has 0 aliphatic rings. The lowest BCUT2D eigenvalue weighted by Crippen LogP contribution is -2.10. The molecule has 4 heteroatoms. The van der Waals surface area contributed by atoms with Gasteiger partial charge in [-0.1, -0.05) is 24.3 Å². The Morgan fingerprint density at radius 1 is 1.21 bits per heavy atom. The number of nitrogens with two attached hydrogens (primary N) is 1. The third-order valence-corrected chi connectivity index (χ3v) is 2.79. The maximum atomic E-state index is 12.7. The molecule has 0 aliphatic carbocycles. The van der Waals surface area contributed by atoms with Gasteiger partial charge in [0.05, 0.1) is 5.56 Å². The monoisotopic (exact) mass is 259 g/mol. The third-order valence-electron chi connectivity index (χ3n) is 2.79. The number of carbonyl (C=O) groups is 1. The van der Waals surface area contributed by atoms with Gasteiger partial charge >= 0.3 is 5.97 Å². The first-order valence-electron chi connectivity index (χ1n) is 5.84. The van der Waals surface area contributed by atoms with Crippen LogP contribution >= 0.6 is 0 Å². The van der Waals surface area contributed by atoms with E-state index in [0.717, 1.165) is 11.1 Å². The largest absolute Gasteiger partial charge is 0.457 e. The number of hydrogen-bond acceptors (Lipinski definition) is 3. The molecule has 0 atom stereocenters. The van der Waals surface area contributed by atoms with Crippen LogP contribution in [0.3, 0.4) is 0 Å². The molecule has 0 aliphatic heterocycles. The standard InChI is InChI=1S/C15H14FNO2/c1-10-3-2-4-13(17)14(10)15(18)19-9-11-5-7-12(16)8-6-11/h2-8H,9,17H2,1H3. The highest BCUT2D eigenvalue weighted by Crippen LogP contribution is 2.18. The summed E-state index contributed by atoms with van der Waals surface area (Å²) in [5, 5.41) is 0. The number of carbonyl (C=O) groups excluding carboxylic acids is 1. The van der Waals surface area contributed by atoms with Crippen LogP contribution in [0.1, 0.15) is 21.5 Å². The van der Waals surface area contributed by atoms with E-state index in [9.17, 15) is 9.18 Å². The van der Waals surface area contributed by atoms with Crippen molar-refractivity contribution in [3.8, 4) is 0 Å². The lowest BCUT2D eigenvalue weighted by Gasteiger charge is -2.09. The van der Waals surface area contributed by atoms with Crippen LogP contribution in [0.15, 0.2) is 42.5 Å². The first-order chi connectivity index (χ1) is 9.08. The van der Waals surface area contributed by atoms with Crippen LogP contribution in [0.4, 0.5) is 10.1 Å². The Morgan fingerprint density at radius 2 is 1.89 bits per heavy atom. The molecule has 2 aromatic rings. The predicted octanol–water partition coefficient (Wildman–Crippen LogP) is 3.07. The first-order valence-corrected chi connectivity index (χ1v) is 5.84. The molecule has 0 heterocycles. The SMILES string of the molecule is Cc1cccc(N)c1C(=O)OCc1ccc(F)cc1. The number of rotatable bonds is 3. The number of benzene rings is 2. The Balaban J connectivity index is 2.07. The molecular weight excluding hydrogens is 245 g/mol. The molecule has 0 spiro atoms. The number of ether oxygens (including phenoxy) is 1. The zero-order valence-electron chi connectivity index (χ0n) is 10.5. The number of esters is 1. The summed E-state index contributed by atoms with van der Waals surface area (Å²) in [6.45, 7) is 1.89. The van der Waals surface area contributed by atoms with Crippen molar-refractivity contribution >= 4 is 11.7 Å². The van der Waals surface area contributed by atoms with Crippen LogP contribution in [0.2, 0.25) is 0 Å². The summed E-state index contributed by atoms with van der Waals surface area (Å²) in [5.74, 6) is -0.793. The molecule has 0 bridgehead atoms. The van der Waals surface area contributed by atoms with Gasteiger partial charge < -0.3 is 10.5 Å². The van der Waals surface area contributed by atoms with E-state index in [1.54, 1.807) is 37.3 Å². The molecule has 0 saturated heterocycles. The fraction of sp³-hybridized carbons (Fsp3) is 0.133. The van der Waals surface area contributed by atoms with Gasteiger partial charge in [0, 0.05) is 5.69 Å². The molecule has 0 saturated carbocycles. The molecule has 3 nitrogen and oxygen atoms in total. The van der Waals surface area contributed by atoms with Crippen molar-refractivity contribution in [1.29, 1.82) is 0 Å². The fourth-order valence-electron chi connectivity index (χ4n) is 1.77. The summed E-state index contributed by atoms with van der Waals surface area (Å²) in [4.78, 5) is 12.0. The fourth-order valence-corrected chi connectivity index (χ4v) is 1.77. The number of anilines is 1. The smallest absolute Gasteiger partial charge is 0.340 e. The zero-order valence-corrected chi connectivity index (χ0v) is 10.5. The number of halogens is 1. The highest BCUT2D eigenvalue weighted by atomic mass is 19.1. The summed E-state index contributed by atoms with van der Waals surface area (Å²) >= 11 is 0. The third kappa shape index (κ3) is 3.10. The van der Waals surface area contributed by atoms with Gasteiger partial charge in [-0.05, 0) is 36.2 Å². The zero-order chi connectivity index (χ0) is 13.8. The Morgan fingerprint density at radius 3 is 2.53 bits per heavy atom. The summed E-state index contributed by atoms with van der Waals surface area (Å²) in [7, 11) is 0. The molecule has 98 valence electrons. The Kier molecular flexibility index (Phi) is 3.80. The first kappa shape index (κ1) is 13.1. The Labute approximate surface area is 110 Å². The summed E-state index contributed by atoms with van der Waals surface area (Å²) in [6.07, 6.45) is 0. The molecule has 2 N–H and O–H groups in total. The van der Waals surface area contributed by atoms with Gasteiger partial charge in [-0.3, -0.25) is 0 Å². The second-order valence-corrected chi connectivity index (χ2v) is 4.24. The van der Waals surface area contributed by atoms with Crippen LogP contribution < -0.4 is 5.73 Å². The van der Waals surface area contributed by atoms with E-state index in [1.807, 2.05) is 0 Å². The Hall–Kier alpha value is -2.36. The van der Waals surface area contributed by atoms with Gasteiger partial charge in [-0.15, -0.1) is 0 Å². The van der Waals surface area contributed by atoms with Crippen molar-refractivity contribution in [2.24, 2.45) is 0 Å². The normalized spacial score (nSPS) is 10.2. The average molecular weight is 259 g/mol. The molecule has 0 aromatic heterocycles. The quantitative estimate of drug-likeness (QED) is 0.680. The molecule has 0 radical (unpaired) electrons. The number of aryl methyl sites for hydroxylation is 1. The van der Waals surface area contributed by atoms with Gasteiger partial charge in [-0.2, -0.15) is 0 Å². The van der Waals surface area contributed by atoms with Crippen molar-refractivity contribution < 1.29 is 13.9 Å². The van der Waals surface area contributed by atoms with Gasteiger partial charge in [0.2, 0.25) is 0 Å². The van der Waals surface area contributed by atoms with Gasteiger partial charge in [-0.25, -0.2) is 9.18 Å². The van der Waals surface area contributed by atoms with Crippen LogP contribution in [0.25, 0.3) is 0 Å². The molecule has 19 heavy (non-hydrogen) atoms. The lowest BCUT2D eigenvalue weighted by molar-refractivity contribution is 0.0473. The van der Waals surface area contributed by atoms with Crippen molar-refractivity contribution in [2.75, 3.05) is 5.73 Å². The summed E-state index contributed by atoms with van der Waals surface area (Å²) in [6, 6.07) is 11.0. The van der Waals surface area contributed by atoms with Gasteiger partial charge in [0.15, 0.2) is 0 Å². The van der Waals surface area contributed by atoms with E-state index in [4.69, 9.17) is 10.5 Å². The summed E-state index contributed by atoms with van der Waals surface area (Å²) in [5.41, 5.74) is 8.02. The van der Waals surface area contributed by atoms with E-state index in [0.29, 0.717) is 11.3 Å². The van der Waals surface area contributed by atoms with E-state index < -0.39 is 5.97 Å². The minimum Gasteiger partial charge on any atom is -0.457 e. The number of hydrogen-bond donors (Lipinski definition) is 1. The molecule has 0 fully saturated rings. The number of nitrogen functional groups attached to an aromatic ring is 1. The molecular formula is C15H14FNO2. The second-order valence-electron chi connectivity index (χ2n) is 4.24. The Bertz CT molecular complexity index is 573. The van der Waals surface area contributed by atoms with E-state index in [1.165, 1.54) is 12.1 Å². The van der Waals surface area contributed by atoms with E-state index >= 15 is 0 Å². The topological polar surface area (TPSA) is 52.3 Å². The van der Waals surface area contributed by atoms with E-state index in [-0.39, 0.29) is 12.4 Å². The van der Waals surface area contributed by atoms with Gasteiger partial charge in [0.25, 0.3) is 0 Å². The maximum Gasteiger partial charge on any atom is 0.340 e. The van der Waals surface area contributed by atoms with Crippen molar-refractivity contribution in [3.63, 3.8) is 0 Å². The lowest BCUT2D eigenvalue weighted by atomic mass is 10.1. The van der Waals surface area contributed by atoms with E-state index in [2.05, 4.69) is 0 Å². The van der Waals surface area contributed by atoms with Crippen molar-refractivity contribution in [3.05, 3.63) is 65.0 Å². The molecule has 0 unspecified atom stereocenters. The van der Waals surface area contributed by atoms with Crippen molar-refractivity contribution in [2.45, 2.75) is 13.5 Å². The van der Waals surface area contributed by atoms with Crippen LogP contribution in [-0.4, -0.2) is 5.97 Å². The maximum absolute atomic E-state index is 12.7. The average Bonchev–Trinajstić information content (AvgIpc) is 2.38. The van der Waals surface area contributed by atoms with Crippen LogP contribution in [0.5, 0.6) is 0 Å². The molecule has 2 aromatic carbocycles. The van der Waals surface area contributed by atoms with Crippen LogP contribution in [0, 0.1) is 12.7 Å². The minimum absolute atomic E-state index is 0.0902. The highest BCUT2D eigenvalue weighted by Gasteiger charge is 2.13. The molecule has 2 rings (SSSR count). The van der Waals surface area contributed by atoms with Crippen LogP contribution in [-0.2, 0) is 11.3 Å². The second kappa shape index (κ2) is 5.52.